The highest BCUT2D eigenvalue weighted by Gasteiger charge is 2.25. The minimum Gasteiger partial charge on any atom is -0.486 e. The molecule has 4 nitrogen and oxygen atoms in total. The molecule has 0 atom stereocenters. The number of ether oxygens (including phenoxy) is 1. The molecule has 0 saturated carbocycles. The second-order valence-electron chi connectivity index (χ2n) is 4.62. The Hall–Kier alpha value is -1.26. The largest absolute Gasteiger partial charge is 0.486 e. The summed E-state index contributed by atoms with van der Waals surface area (Å²) < 4.78 is 5.74. The summed E-state index contributed by atoms with van der Waals surface area (Å²) in [5, 5.41) is 9.17. The van der Waals surface area contributed by atoms with E-state index in [0.29, 0.717) is 17.2 Å². The molecule has 18 heavy (non-hydrogen) atoms. The fourth-order valence-electron chi connectivity index (χ4n) is 1.94. The van der Waals surface area contributed by atoms with Crippen molar-refractivity contribution in [2.75, 3.05) is 20.1 Å². The molecule has 5 heteroatoms. The van der Waals surface area contributed by atoms with Gasteiger partial charge in [-0.2, -0.15) is 0 Å². The van der Waals surface area contributed by atoms with Crippen LogP contribution in [-0.4, -0.2) is 42.2 Å². The van der Waals surface area contributed by atoms with Gasteiger partial charge in [0.1, 0.15) is 11.9 Å². The Morgan fingerprint density at radius 3 is 2.83 bits per heavy atom. The van der Waals surface area contributed by atoms with Crippen LogP contribution >= 0.6 is 11.6 Å². The van der Waals surface area contributed by atoms with E-state index in [1.807, 2.05) is 19.2 Å². The van der Waals surface area contributed by atoms with Crippen LogP contribution < -0.4 is 4.74 Å². The fraction of sp³-hybridized carbons (Fsp3) is 0.462. The van der Waals surface area contributed by atoms with Crippen LogP contribution in [0.4, 0.5) is 0 Å². The number of likely N-dealkylation sites (tertiary alicyclic amines) is 1. The average Bonchev–Trinajstić information content (AvgIpc) is 2.27. The number of benzene rings is 1. The molecule has 1 saturated heterocycles. The normalized spacial score (nSPS) is 16.3. The summed E-state index contributed by atoms with van der Waals surface area (Å²) in [6.45, 7) is 1.83. The first-order chi connectivity index (χ1) is 8.54. The Labute approximate surface area is 111 Å². The maximum atomic E-state index is 10.5. The summed E-state index contributed by atoms with van der Waals surface area (Å²) in [4.78, 5) is 12.7. The van der Waals surface area contributed by atoms with E-state index >= 15 is 0 Å². The second kappa shape index (κ2) is 5.59. The number of carboxylic acids is 1. The Kier molecular flexibility index (Phi) is 4.09. The van der Waals surface area contributed by atoms with E-state index in [0.717, 1.165) is 18.7 Å². The van der Waals surface area contributed by atoms with Gasteiger partial charge in [0.2, 0.25) is 0 Å². The summed E-state index contributed by atoms with van der Waals surface area (Å²) >= 11 is 6.12. The Morgan fingerprint density at radius 2 is 2.28 bits per heavy atom. The number of likely N-dealkylation sites (N-methyl/N-ethyl adjacent to an activating group) is 1. The number of hydrogen-bond acceptors (Lipinski definition) is 3. The molecule has 2 rings (SSSR count). The summed E-state index contributed by atoms with van der Waals surface area (Å²) in [6, 6.07) is 5.46. The molecular formula is C13H16ClNO3. The molecule has 98 valence electrons. The lowest BCUT2D eigenvalue weighted by Gasteiger charge is -2.36. The molecule has 0 unspecified atom stereocenters. The van der Waals surface area contributed by atoms with Crippen molar-refractivity contribution in [1.29, 1.82) is 0 Å². The predicted octanol–water partition coefficient (Wildman–Crippen LogP) is 2.05. The molecule has 0 amide bonds. The lowest BCUT2D eigenvalue weighted by atomic mass is 10.1. The minimum absolute atomic E-state index is 0.115. The number of carboxylic acid groups (broad SMARTS) is 1. The monoisotopic (exact) mass is 269 g/mol. The van der Waals surface area contributed by atoms with Crippen molar-refractivity contribution in [3.05, 3.63) is 28.8 Å². The van der Waals surface area contributed by atoms with E-state index in [-0.39, 0.29) is 12.5 Å². The van der Waals surface area contributed by atoms with Crippen LogP contribution in [0.15, 0.2) is 18.2 Å². The standard InChI is InChI=1S/C13H16ClNO3/c1-15-7-10(8-15)18-12-4-2-9(6-11(12)14)3-5-13(16)17/h2,4,6,10H,3,5,7-8H2,1H3,(H,16,17). The molecule has 1 fully saturated rings. The SMILES string of the molecule is CN1CC(Oc2ccc(CCC(=O)O)cc2Cl)C1. The minimum atomic E-state index is -0.802. The predicted molar refractivity (Wildman–Crippen MR) is 69.3 cm³/mol. The van der Waals surface area contributed by atoms with Crippen molar-refractivity contribution < 1.29 is 14.6 Å². The third-order valence-corrected chi connectivity index (χ3v) is 3.24. The first-order valence-corrected chi connectivity index (χ1v) is 6.28. The second-order valence-corrected chi connectivity index (χ2v) is 5.03. The average molecular weight is 270 g/mol. The molecule has 1 aliphatic heterocycles. The zero-order chi connectivity index (χ0) is 13.1. The van der Waals surface area contributed by atoms with Crippen LogP contribution in [0.5, 0.6) is 5.75 Å². The van der Waals surface area contributed by atoms with E-state index in [4.69, 9.17) is 21.4 Å². The number of aryl methyl sites for hydroxylation is 1. The van der Waals surface area contributed by atoms with Gasteiger partial charge in [0, 0.05) is 19.5 Å². The van der Waals surface area contributed by atoms with Crippen LogP contribution in [0.1, 0.15) is 12.0 Å². The van der Waals surface area contributed by atoms with Gasteiger partial charge in [-0.05, 0) is 31.2 Å². The third-order valence-electron chi connectivity index (χ3n) is 2.95. The first-order valence-electron chi connectivity index (χ1n) is 5.90. The van der Waals surface area contributed by atoms with E-state index in [1.54, 1.807) is 6.07 Å². The number of hydrogen-bond donors (Lipinski definition) is 1. The van der Waals surface area contributed by atoms with Gasteiger partial charge in [0.25, 0.3) is 0 Å². The van der Waals surface area contributed by atoms with Gasteiger partial charge in [-0.15, -0.1) is 0 Å². The number of carbonyl (C=O) groups is 1. The smallest absolute Gasteiger partial charge is 0.303 e. The molecule has 0 spiro atoms. The molecule has 1 heterocycles. The topological polar surface area (TPSA) is 49.8 Å². The van der Waals surface area contributed by atoms with Gasteiger partial charge in [-0.25, -0.2) is 0 Å². The van der Waals surface area contributed by atoms with Gasteiger partial charge in [0.15, 0.2) is 0 Å². The Morgan fingerprint density at radius 1 is 1.56 bits per heavy atom. The van der Waals surface area contributed by atoms with Gasteiger partial charge in [-0.1, -0.05) is 17.7 Å². The van der Waals surface area contributed by atoms with Crippen molar-refractivity contribution in [3.63, 3.8) is 0 Å². The molecule has 0 radical (unpaired) electrons. The molecule has 1 N–H and O–H groups in total. The summed E-state index contributed by atoms with van der Waals surface area (Å²) in [5.74, 6) is -0.127. The zero-order valence-corrected chi connectivity index (χ0v) is 11.0. The van der Waals surface area contributed by atoms with Crippen molar-refractivity contribution >= 4 is 17.6 Å². The molecular weight excluding hydrogens is 254 g/mol. The van der Waals surface area contributed by atoms with Crippen molar-refractivity contribution in [3.8, 4) is 5.75 Å². The molecule has 0 bridgehead atoms. The lowest BCUT2D eigenvalue weighted by Crippen LogP contribution is -2.51. The van der Waals surface area contributed by atoms with Crippen molar-refractivity contribution in [1.82, 2.24) is 4.90 Å². The van der Waals surface area contributed by atoms with Crippen molar-refractivity contribution in [2.45, 2.75) is 18.9 Å². The summed E-state index contributed by atoms with van der Waals surface area (Å²) in [5.41, 5.74) is 0.917. The van der Waals surface area contributed by atoms with Gasteiger partial charge < -0.3 is 9.84 Å². The van der Waals surface area contributed by atoms with Gasteiger partial charge >= 0.3 is 5.97 Å². The highest BCUT2D eigenvalue weighted by molar-refractivity contribution is 6.32. The van der Waals surface area contributed by atoms with E-state index < -0.39 is 5.97 Å². The molecule has 1 aromatic carbocycles. The highest BCUT2D eigenvalue weighted by Crippen LogP contribution is 2.28. The van der Waals surface area contributed by atoms with Crippen LogP contribution in [0.3, 0.4) is 0 Å². The number of halogens is 1. The molecule has 0 aromatic heterocycles. The number of aliphatic carboxylic acids is 1. The first kappa shape index (κ1) is 13.2. The molecule has 1 aliphatic rings. The van der Waals surface area contributed by atoms with E-state index in [9.17, 15) is 4.79 Å². The lowest BCUT2D eigenvalue weighted by molar-refractivity contribution is -0.136. The van der Waals surface area contributed by atoms with Crippen molar-refractivity contribution in [2.24, 2.45) is 0 Å². The van der Waals surface area contributed by atoms with Crippen LogP contribution in [-0.2, 0) is 11.2 Å². The van der Waals surface area contributed by atoms with Gasteiger partial charge in [0.05, 0.1) is 5.02 Å². The van der Waals surface area contributed by atoms with Crippen LogP contribution in [0.2, 0.25) is 5.02 Å². The van der Waals surface area contributed by atoms with E-state index in [2.05, 4.69) is 4.90 Å². The summed E-state index contributed by atoms with van der Waals surface area (Å²) in [7, 11) is 2.04. The fourth-order valence-corrected chi connectivity index (χ4v) is 2.19. The van der Waals surface area contributed by atoms with Crippen LogP contribution in [0.25, 0.3) is 0 Å². The number of nitrogens with zero attached hydrogens (tertiary/aromatic N) is 1. The third kappa shape index (κ3) is 3.37. The molecule has 0 aliphatic carbocycles. The maximum absolute atomic E-state index is 10.5. The quantitative estimate of drug-likeness (QED) is 0.889. The van der Waals surface area contributed by atoms with Gasteiger partial charge in [-0.3, -0.25) is 9.69 Å². The number of rotatable bonds is 5. The Bertz CT molecular complexity index is 444. The maximum Gasteiger partial charge on any atom is 0.303 e. The van der Waals surface area contributed by atoms with Crippen LogP contribution in [0, 0.1) is 0 Å². The van der Waals surface area contributed by atoms with E-state index in [1.165, 1.54) is 0 Å². The Balaban J connectivity index is 1.94. The summed E-state index contributed by atoms with van der Waals surface area (Å²) in [6.07, 6.45) is 0.809. The highest BCUT2D eigenvalue weighted by atomic mass is 35.5. The molecule has 1 aromatic rings. The zero-order valence-electron chi connectivity index (χ0n) is 10.2.